The summed E-state index contributed by atoms with van der Waals surface area (Å²) in [4.78, 5) is 2.36. The molecule has 0 radical (unpaired) electrons. The summed E-state index contributed by atoms with van der Waals surface area (Å²) >= 11 is 0. The van der Waals surface area contributed by atoms with E-state index in [0.29, 0.717) is 0 Å². The predicted molar refractivity (Wildman–Crippen MR) is 296 cm³/mol. The van der Waals surface area contributed by atoms with E-state index >= 15 is 0 Å². The van der Waals surface area contributed by atoms with Crippen LogP contribution < -0.4 is 4.90 Å². The first-order valence-corrected chi connectivity index (χ1v) is 24.0. The smallest absolute Gasteiger partial charge is 0.136 e. The van der Waals surface area contributed by atoms with Crippen molar-refractivity contribution in [2.75, 3.05) is 4.90 Å². The summed E-state index contributed by atoms with van der Waals surface area (Å²) in [5.41, 5.74) is 19.3. The molecule has 0 fully saturated rings. The fourth-order valence-electron chi connectivity index (χ4n) is 10.5. The standard InChI is InChI=1S/C68H45NO/c1-4-15-46(16-5-1)47-27-29-48(30-28-47)49-31-38-55(39-32-49)69(57-42-35-51(36-43-57)58-24-14-26-65-68(58)62-23-12-13-25-64(62)70-65)56-40-33-50(34-41-56)54-37-44-60-59-21-10-11-22-61(59)66(52-17-6-2-7-18-52)67(63(60)45-54)53-19-8-3-9-20-53/h1-45H. The van der Waals surface area contributed by atoms with Crippen LogP contribution in [0.3, 0.4) is 0 Å². The Morgan fingerprint density at radius 2 is 0.614 bits per heavy atom. The van der Waals surface area contributed by atoms with E-state index in [0.717, 1.165) is 55.7 Å². The molecular weight excluding hydrogens is 847 g/mol. The molecule has 0 atom stereocenters. The van der Waals surface area contributed by atoms with Crippen molar-refractivity contribution in [1.82, 2.24) is 0 Å². The maximum Gasteiger partial charge on any atom is 0.136 e. The molecule has 13 rings (SSSR count). The largest absolute Gasteiger partial charge is 0.456 e. The first-order valence-electron chi connectivity index (χ1n) is 24.0. The molecule has 0 spiro atoms. The van der Waals surface area contributed by atoms with Crippen LogP contribution in [-0.2, 0) is 0 Å². The van der Waals surface area contributed by atoms with Gasteiger partial charge in [0.1, 0.15) is 11.2 Å². The van der Waals surface area contributed by atoms with E-state index in [2.05, 4.69) is 266 Å². The first kappa shape index (κ1) is 41.0. The summed E-state index contributed by atoms with van der Waals surface area (Å²) in [5, 5.41) is 7.26. The molecule has 2 nitrogen and oxygen atoms in total. The van der Waals surface area contributed by atoms with Gasteiger partial charge in [-0.15, -0.1) is 0 Å². The van der Waals surface area contributed by atoms with Crippen molar-refractivity contribution in [3.05, 3.63) is 273 Å². The van der Waals surface area contributed by atoms with Crippen LogP contribution in [0.4, 0.5) is 17.1 Å². The van der Waals surface area contributed by atoms with Gasteiger partial charge in [0.05, 0.1) is 0 Å². The van der Waals surface area contributed by atoms with Gasteiger partial charge in [0.25, 0.3) is 0 Å². The van der Waals surface area contributed by atoms with Gasteiger partial charge in [-0.1, -0.05) is 218 Å². The van der Waals surface area contributed by atoms with E-state index in [1.165, 1.54) is 71.6 Å². The van der Waals surface area contributed by atoms with Crippen molar-refractivity contribution in [2.24, 2.45) is 0 Å². The van der Waals surface area contributed by atoms with Gasteiger partial charge < -0.3 is 9.32 Å². The number of hydrogen-bond donors (Lipinski definition) is 0. The van der Waals surface area contributed by atoms with Gasteiger partial charge in [0, 0.05) is 27.8 Å². The van der Waals surface area contributed by atoms with Crippen molar-refractivity contribution >= 4 is 60.5 Å². The molecule has 0 aliphatic rings. The first-order chi connectivity index (χ1) is 34.7. The molecule has 0 unspecified atom stereocenters. The van der Waals surface area contributed by atoms with Crippen LogP contribution in [0.5, 0.6) is 0 Å². The SMILES string of the molecule is c1ccc(-c2ccc(-c3ccc(N(c4ccc(-c5ccc6c(c5)c(-c5ccccc5)c(-c5ccccc5)c5ccccc56)cc4)c4ccc(-c5cccc6oc7ccccc7c56)cc4)cc3)cc2)cc1. The van der Waals surface area contributed by atoms with E-state index in [1.54, 1.807) is 0 Å². The van der Waals surface area contributed by atoms with Crippen LogP contribution in [0.15, 0.2) is 277 Å². The van der Waals surface area contributed by atoms with Crippen molar-refractivity contribution in [3.8, 4) is 66.8 Å². The zero-order chi connectivity index (χ0) is 46.4. The van der Waals surface area contributed by atoms with E-state index in [4.69, 9.17) is 4.42 Å². The van der Waals surface area contributed by atoms with Gasteiger partial charge in [-0.3, -0.25) is 0 Å². The second kappa shape index (κ2) is 17.4. The van der Waals surface area contributed by atoms with Crippen molar-refractivity contribution in [2.45, 2.75) is 0 Å². The van der Waals surface area contributed by atoms with Crippen molar-refractivity contribution in [3.63, 3.8) is 0 Å². The number of fused-ring (bicyclic) bond motifs is 6. The van der Waals surface area contributed by atoms with Gasteiger partial charge in [-0.05, 0) is 143 Å². The van der Waals surface area contributed by atoms with Gasteiger partial charge in [0.2, 0.25) is 0 Å². The summed E-state index contributed by atoms with van der Waals surface area (Å²) in [6, 6.07) is 98.6. The van der Waals surface area contributed by atoms with Gasteiger partial charge in [0.15, 0.2) is 0 Å². The van der Waals surface area contributed by atoms with Crippen molar-refractivity contribution < 1.29 is 4.42 Å². The topological polar surface area (TPSA) is 16.4 Å². The Hall–Kier alpha value is -9.24. The van der Waals surface area contributed by atoms with Crippen LogP contribution in [0, 0.1) is 0 Å². The van der Waals surface area contributed by atoms with E-state index in [1.807, 2.05) is 12.1 Å². The van der Waals surface area contributed by atoms with E-state index < -0.39 is 0 Å². The van der Waals surface area contributed by atoms with E-state index in [-0.39, 0.29) is 0 Å². The highest BCUT2D eigenvalue weighted by Gasteiger charge is 2.20. The Kier molecular flexibility index (Phi) is 10.2. The lowest BCUT2D eigenvalue weighted by Gasteiger charge is -2.26. The molecule has 0 N–H and O–H groups in total. The summed E-state index contributed by atoms with van der Waals surface area (Å²) in [6.07, 6.45) is 0. The van der Waals surface area contributed by atoms with Gasteiger partial charge >= 0.3 is 0 Å². The number of nitrogens with zero attached hydrogens (tertiary/aromatic N) is 1. The van der Waals surface area contributed by atoms with Gasteiger partial charge in [-0.25, -0.2) is 0 Å². The molecule has 328 valence electrons. The quantitative estimate of drug-likeness (QED) is 0.134. The molecule has 0 aliphatic heterocycles. The summed E-state index contributed by atoms with van der Waals surface area (Å²) in [6.45, 7) is 0. The Bertz CT molecular complexity index is 3990. The molecule has 0 saturated carbocycles. The lowest BCUT2D eigenvalue weighted by molar-refractivity contribution is 0.669. The summed E-state index contributed by atoms with van der Waals surface area (Å²) < 4.78 is 6.28. The number of anilines is 3. The third-order valence-corrected chi connectivity index (χ3v) is 13.9. The maximum absolute atomic E-state index is 6.28. The molecule has 0 bridgehead atoms. The van der Waals surface area contributed by atoms with Crippen LogP contribution in [-0.4, -0.2) is 0 Å². The highest BCUT2D eigenvalue weighted by Crippen LogP contribution is 2.46. The number of para-hydroxylation sites is 1. The molecule has 0 aliphatic carbocycles. The average Bonchev–Trinajstić information content (AvgIpc) is 3.83. The number of hydrogen-bond acceptors (Lipinski definition) is 2. The Morgan fingerprint density at radius 3 is 1.19 bits per heavy atom. The maximum atomic E-state index is 6.28. The van der Waals surface area contributed by atoms with Crippen LogP contribution >= 0.6 is 0 Å². The molecule has 1 heterocycles. The highest BCUT2D eigenvalue weighted by atomic mass is 16.3. The molecule has 1 aromatic heterocycles. The number of furan rings is 1. The van der Waals surface area contributed by atoms with Crippen LogP contribution in [0.2, 0.25) is 0 Å². The Labute approximate surface area is 407 Å². The average molecular weight is 892 g/mol. The summed E-state index contributed by atoms with van der Waals surface area (Å²) in [5.74, 6) is 0. The lowest BCUT2D eigenvalue weighted by atomic mass is 9.84. The van der Waals surface area contributed by atoms with Crippen molar-refractivity contribution in [1.29, 1.82) is 0 Å². The zero-order valence-electron chi connectivity index (χ0n) is 38.3. The third kappa shape index (κ3) is 7.31. The molecule has 12 aromatic carbocycles. The minimum absolute atomic E-state index is 0.895. The number of rotatable bonds is 9. The Morgan fingerprint density at radius 1 is 0.229 bits per heavy atom. The molecular formula is C68H45NO. The monoisotopic (exact) mass is 891 g/mol. The molecule has 70 heavy (non-hydrogen) atoms. The second-order valence-electron chi connectivity index (χ2n) is 18.0. The number of benzene rings is 12. The normalized spacial score (nSPS) is 11.4. The molecule has 2 heteroatoms. The fraction of sp³-hybridized carbons (Fsp3) is 0. The minimum Gasteiger partial charge on any atom is -0.456 e. The minimum atomic E-state index is 0.895. The van der Waals surface area contributed by atoms with Gasteiger partial charge in [-0.2, -0.15) is 0 Å². The van der Waals surface area contributed by atoms with Crippen LogP contribution in [0.25, 0.3) is 110 Å². The van der Waals surface area contributed by atoms with Crippen LogP contribution in [0.1, 0.15) is 0 Å². The molecule has 0 amide bonds. The molecule has 0 saturated heterocycles. The lowest BCUT2D eigenvalue weighted by Crippen LogP contribution is -2.09. The third-order valence-electron chi connectivity index (χ3n) is 13.9. The second-order valence-corrected chi connectivity index (χ2v) is 18.0. The predicted octanol–water partition coefficient (Wildman–Crippen LogP) is 19.4. The highest BCUT2D eigenvalue weighted by molar-refractivity contribution is 6.22. The Balaban J connectivity index is 0.907. The fourth-order valence-corrected chi connectivity index (χ4v) is 10.5. The summed E-state index contributed by atoms with van der Waals surface area (Å²) in [7, 11) is 0. The molecule has 13 aromatic rings. The zero-order valence-corrected chi connectivity index (χ0v) is 38.3. The van der Waals surface area contributed by atoms with E-state index in [9.17, 15) is 0 Å².